The number of hydrogen-bond donors (Lipinski definition) is 2. The van der Waals surface area contributed by atoms with Crippen molar-refractivity contribution < 1.29 is 14.3 Å². The molecule has 0 spiro atoms. The van der Waals surface area contributed by atoms with Gasteiger partial charge in [0.25, 0.3) is 0 Å². The van der Waals surface area contributed by atoms with Gasteiger partial charge in [0.05, 0.1) is 42.4 Å². The predicted octanol–water partition coefficient (Wildman–Crippen LogP) is 5.46. The third-order valence-electron chi connectivity index (χ3n) is 8.80. The first-order valence-electron chi connectivity index (χ1n) is 15.2. The van der Waals surface area contributed by atoms with E-state index in [1.807, 2.05) is 18.0 Å². The molecule has 2 aliphatic heterocycles. The largest absolute Gasteiger partial charge is 0.495 e. The van der Waals surface area contributed by atoms with Gasteiger partial charge in [0, 0.05) is 62.3 Å². The van der Waals surface area contributed by atoms with Crippen LogP contribution in [0.4, 0.5) is 17.6 Å². The van der Waals surface area contributed by atoms with E-state index in [1.54, 1.807) is 26.5 Å². The highest BCUT2D eigenvalue weighted by Gasteiger charge is 2.36. The monoisotopic (exact) mass is 652 g/mol. The van der Waals surface area contributed by atoms with E-state index < -0.39 is 0 Å². The van der Waals surface area contributed by atoms with E-state index in [2.05, 4.69) is 44.0 Å². The number of anilines is 3. The van der Waals surface area contributed by atoms with E-state index in [9.17, 15) is 4.79 Å². The molecule has 1 aromatic carbocycles. The summed E-state index contributed by atoms with van der Waals surface area (Å²) in [5.41, 5.74) is 2.34. The summed E-state index contributed by atoms with van der Waals surface area (Å²) in [5, 5.41) is 12.3. The molecule has 11 nitrogen and oxygen atoms in total. The van der Waals surface area contributed by atoms with Crippen LogP contribution in [0.25, 0.3) is 11.6 Å². The van der Waals surface area contributed by atoms with Crippen molar-refractivity contribution >= 4 is 58.3 Å². The van der Waals surface area contributed by atoms with Crippen LogP contribution in [-0.2, 0) is 4.79 Å². The Morgan fingerprint density at radius 2 is 1.80 bits per heavy atom. The maximum atomic E-state index is 12.4. The quantitative estimate of drug-likeness (QED) is 0.291. The first-order valence-corrected chi connectivity index (χ1v) is 15.9. The van der Waals surface area contributed by atoms with Crippen LogP contribution in [0, 0.1) is 0 Å². The Morgan fingerprint density at radius 1 is 1.09 bits per heavy atom. The second-order valence-electron chi connectivity index (χ2n) is 11.7. The number of likely N-dealkylation sites (N-methyl/N-ethyl adjacent to an activating group) is 1. The minimum absolute atomic E-state index is 0.159. The maximum absolute atomic E-state index is 12.4. The molecule has 238 valence electrons. The lowest BCUT2D eigenvalue weighted by molar-refractivity contribution is -0.117. The van der Waals surface area contributed by atoms with Crippen LogP contribution < -0.4 is 29.9 Å². The molecule has 6 rings (SSSR count). The van der Waals surface area contributed by atoms with Crippen molar-refractivity contribution in [3.63, 3.8) is 0 Å². The summed E-state index contributed by atoms with van der Waals surface area (Å²) < 4.78 is 13.0. The van der Waals surface area contributed by atoms with Gasteiger partial charge < -0.3 is 29.9 Å². The van der Waals surface area contributed by atoms with Gasteiger partial charge in [-0.2, -0.15) is 10.1 Å². The molecular formula is C32H38Cl2N8O3. The third-order valence-corrected chi connectivity index (χ3v) is 9.55. The summed E-state index contributed by atoms with van der Waals surface area (Å²) in [6.45, 7) is 5.35. The zero-order chi connectivity index (χ0) is 31.7. The summed E-state index contributed by atoms with van der Waals surface area (Å²) >= 11 is 13.4. The molecule has 1 aliphatic carbocycles. The number of amides is 1. The predicted molar refractivity (Wildman–Crippen MR) is 179 cm³/mol. The van der Waals surface area contributed by atoms with Gasteiger partial charge in [-0.05, 0) is 30.6 Å². The molecule has 13 heteroatoms. The Bertz CT molecular complexity index is 1590. The molecule has 2 N–H and O–H groups in total. The molecular weight excluding hydrogens is 615 g/mol. The number of carbonyl (C=O) groups is 1. The summed E-state index contributed by atoms with van der Waals surface area (Å²) in [5.74, 6) is 2.85. The van der Waals surface area contributed by atoms with Gasteiger partial charge in [0.2, 0.25) is 11.9 Å². The van der Waals surface area contributed by atoms with Gasteiger partial charge >= 0.3 is 0 Å². The zero-order valence-corrected chi connectivity index (χ0v) is 27.2. The van der Waals surface area contributed by atoms with Crippen LogP contribution in [-0.4, -0.2) is 78.6 Å². The van der Waals surface area contributed by atoms with Crippen LogP contribution >= 0.6 is 23.2 Å². The van der Waals surface area contributed by atoms with E-state index in [1.165, 1.54) is 25.3 Å². The molecule has 0 bridgehead atoms. The van der Waals surface area contributed by atoms with Gasteiger partial charge in [0.15, 0.2) is 5.82 Å². The van der Waals surface area contributed by atoms with Crippen molar-refractivity contribution in [1.29, 1.82) is 0 Å². The Balaban J connectivity index is 1.24. The maximum Gasteiger partial charge on any atom is 0.243 e. The molecule has 0 radical (unpaired) electrons. The van der Waals surface area contributed by atoms with Crippen molar-refractivity contribution in [2.45, 2.75) is 50.2 Å². The number of hydrogen-bond acceptors (Lipinski definition) is 9. The highest BCUT2D eigenvalue weighted by molar-refractivity contribution is 6.39. The summed E-state index contributed by atoms with van der Waals surface area (Å²) in [4.78, 5) is 26.1. The molecule has 1 saturated carbocycles. The van der Waals surface area contributed by atoms with E-state index in [-0.39, 0.29) is 18.0 Å². The summed E-state index contributed by atoms with van der Waals surface area (Å²) in [6.07, 6.45) is 13.2. The Labute approximate surface area is 273 Å². The SMILES string of the molecule is C=CC(=O)N[C@H]1CN(c2ccn(C3CCCCC3)n2)C[C@H]1Nc1ncc2c(n1)N(C)CC(c1c(Cl)c(OC)cc(OC)c1Cl)=C2. The first-order chi connectivity index (χ1) is 21.8. The number of carbonyl (C=O) groups excluding carboxylic acids is 1. The van der Waals surface area contributed by atoms with Gasteiger partial charge in [-0.15, -0.1) is 0 Å². The van der Waals surface area contributed by atoms with E-state index in [0.717, 1.165) is 35.6 Å². The molecule has 2 atom stereocenters. The fourth-order valence-electron chi connectivity index (χ4n) is 6.48. The third kappa shape index (κ3) is 6.28. The smallest absolute Gasteiger partial charge is 0.243 e. The number of nitrogens with one attached hydrogen (secondary N) is 2. The lowest BCUT2D eigenvalue weighted by Gasteiger charge is -2.28. The van der Waals surface area contributed by atoms with Crippen molar-refractivity contribution in [1.82, 2.24) is 25.1 Å². The Hall–Kier alpha value is -3.96. The molecule has 2 fully saturated rings. The number of fused-ring (bicyclic) bond motifs is 1. The fraction of sp³-hybridized carbons (Fsp3) is 0.438. The van der Waals surface area contributed by atoms with Crippen molar-refractivity contribution in [2.24, 2.45) is 0 Å². The fourth-order valence-corrected chi connectivity index (χ4v) is 7.22. The normalized spacial score (nSPS) is 20.0. The van der Waals surface area contributed by atoms with Crippen LogP contribution in [0.5, 0.6) is 11.5 Å². The molecule has 4 heterocycles. The van der Waals surface area contributed by atoms with Gasteiger partial charge in [-0.25, -0.2) is 4.98 Å². The van der Waals surface area contributed by atoms with Crippen LogP contribution in [0.2, 0.25) is 10.0 Å². The molecule has 0 unspecified atom stereocenters. The van der Waals surface area contributed by atoms with Gasteiger partial charge in [-0.3, -0.25) is 9.48 Å². The zero-order valence-electron chi connectivity index (χ0n) is 25.7. The Kier molecular flexibility index (Phi) is 9.09. The second-order valence-corrected chi connectivity index (χ2v) is 12.5. The van der Waals surface area contributed by atoms with Crippen LogP contribution in [0.1, 0.15) is 49.3 Å². The highest BCUT2D eigenvalue weighted by atomic mass is 35.5. The number of methoxy groups -OCH3 is 2. The average molecular weight is 654 g/mol. The summed E-state index contributed by atoms with van der Waals surface area (Å²) in [7, 11) is 5.06. The topological polar surface area (TPSA) is 110 Å². The van der Waals surface area contributed by atoms with Crippen molar-refractivity contribution in [2.75, 3.05) is 56.0 Å². The standard InChI is InChI=1S/C32H38Cl2N8O3/c1-5-27(43)36-22-17-41(26-11-12-42(39-26)21-9-7-6-8-10-21)18-23(22)37-32-35-15-19-13-20(16-40(2)31(19)38-32)28-29(33)24(44-3)14-25(45-4)30(28)34/h5,11-15,21-23H,1,6-10,16-18H2,2-4H3,(H,36,43)(H,35,37,38)/t22-,23+/m0/s1. The molecule has 3 aliphatic rings. The number of aromatic nitrogens is 4. The first kappa shape index (κ1) is 31.0. The average Bonchev–Trinajstić information content (AvgIpc) is 3.70. The molecule has 1 amide bonds. The van der Waals surface area contributed by atoms with E-state index in [4.69, 9.17) is 42.8 Å². The van der Waals surface area contributed by atoms with E-state index >= 15 is 0 Å². The minimum Gasteiger partial charge on any atom is -0.495 e. The van der Waals surface area contributed by atoms with Gasteiger partial charge in [0.1, 0.15) is 17.3 Å². The number of benzene rings is 1. The molecule has 3 aromatic rings. The van der Waals surface area contributed by atoms with Crippen molar-refractivity contribution in [3.8, 4) is 11.5 Å². The van der Waals surface area contributed by atoms with Crippen molar-refractivity contribution in [3.05, 3.63) is 58.4 Å². The van der Waals surface area contributed by atoms with Crippen LogP contribution in [0.15, 0.2) is 37.2 Å². The summed E-state index contributed by atoms with van der Waals surface area (Å²) in [6, 6.07) is 3.83. The van der Waals surface area contributed by atoms with E-state index in [0.29, 0.717) is 58.7 Å². The van der Waals surface area contributed by atoms with Crippen LogP contribution in [0.3, 0.4) is 0 Å². The highest BCUT2D eigenvalue weighted by Crippen LogP contribution is 2.45. The molecule has 1 saturated heterocycles. The second kappa shape index (κ2) is 13.2. The lowest BCUT2D eigenvalue weighted by atomic mass is 9.96. The number of halogens is 2. The molecule has 45 heavy (non-hydrogen) atoms. The Morgan fingerprint density at radius 3 is 2.49 bits per heavy atom. The number of nitrogens with zero attached hydrogens (tertiary/aromatic N) is 6. The lowest BCUT2D eigenvalue weighted by Crippen LogP contribution is -2.45. The minimum atomic E-state index is -0.225. The number of rotatable bonds is 9. The molecule has 2 aromatic heterocycles. The number of ether oxygens (including phenoxy) is 2. The van der Waals surface area contributed by atoms with Gasteiger partial charge in [-0.1, -0.05) is 49.0 Å².